The summed E-state index contributed by atoms with van der Waals surface area (Å²) in [7, 11) is 0. The number of amides is 1. The maximum atomic E-state index is 11.5. The van der Waals surface area contributed by atoms with Gasteiger partial charge in [0, 0.05) is 10.6 Å². The average molecular weight is 256 g/mol. The van der Waals surface area contributed by atoms with Crippen LogP contribution in [0.5, 0.6) is 0 Å². The minimum absolute atomic E-state index is 0.309. The van der Waals surface area contributed by atoms with Gasteiger partial charge < -0.3 is 4.74 Å². The van der Waals surface area contributed by atoms with Crippen LogP contribution in [-0.2, 0) is 4.74 Å². The summed E-state index contributed by atoms with van der Waals surface area (Å²) < 4.78 is 5.07. The van der Waals surface area contributed by atoms with Crippen molar-refractivity contribution in [3.05, 3.63) is 28.8 Å². The zero-order valence-electron chi connectivity index (χ0n) is 9.91. The third kappa shape index (κ3) is 4.44. The van der Waals surface area contributed by atoms with E-state index in [1.165, 1.54) is 6.07 Å². The van der Waals surface area contributed by atoms with Crippen molar-refractivity contribution in [2.24, 2.45) is 0 Å². The predicted octanol–water partition coefficient (Wildman–Crippen LogP) is 3.50. The average Bonchev–Trinajstić information content (AvgIpc) is 2.17. The molecular weight excluding hydrogens is 242 g/mol. The van der Waals surface area contributed by atoms with Crippen molar-refractivity contribution in [1.82, 2.24) is 0 Å². The largest absolute Gasteiger partial charge is 0.444 e. The number of rotatable bonds is 2. The predicted molar refractivity (Wildman–Crippen MR) is 66.7 cm³/mol. The van der Waals surface area contributed by atoms with Gasteiger partial charge in [-0.05, 0) is 39.0 Å². The summed E-state index contributed by atoms with van der Waals surface area (Å²) in [6.07, 6.45) is 0.0152. The summed E-state index contributed by atoms with van der Waals surface area (Å²) in [5.74, 6) is 0. The Hall–Kier alpha value is -1.55. The van der Waals surface area contributed by atoms with E-state index in [1.807, 2.05) is 0 Å². The quantitative estimate of drug-likeness (QED) is 0.823. The SMILES string of the molecule is CC(C)(C)OC(=O)Nc1ccc(Cl)cc1C=O. The number of carbonyl (C=O) groups is 2. The number of hydrogen-bond donors (Lipinski definition) is 1. The maximum Gasteiger partial charge on any atom is 0.412 e. The Morgan fingerprint density at radius 2 is 2.06 bits per heavy atom. The van der Waals surface area contributed by atoms with Crippen LogP contribution in [0.3, 0.4) is 0 Å². The Bertz CT molecular complexity index is 438. The van der Waals surface area contributed by atoms with Crippen molar-refractivity contribution in [3.63, 3.8) is 0 Å². The molecule has 17 heavy (non-hydrogen) atoms. The molecule has 1 aromatic carbocycles. The van der Waals surface area contributed by atoms with Gasteiger partial charge in [0.15, 0.2) is 6.29 Å². The lowest BCUT2D eigenvalue weighted by molar-refractivity contribution is 0.0636. The number of aldehydes is 1. The molecule has 0 heterocycles. The highest BCUT2D eigenvalue weighted by Crippen LogP contribution is 2.20. The molecule has 0 aliphatic heterocycles. The molecule has 0 atom stereocenters. The highest BCUT2D eigenvalue weighted by Gasteiger charge is 2.17. The third-order valence-corrected chi connectivity index (χ3v) is 2.01. The molecule has 4 nitrogen and oxygen atoms in total. The Morgan fingerprint density at radius 1 is 1.41 bits per heavy atom. The number of carbonyl (C=O) groups excluding carboxylic acids is 2. The number of hydrogen-bond acceptors (Lipinski definition) is 3. The van der Waals surface area contributed by atoms with Crippen molar-refractivity contribution >= 4 is 29.7 Å². The number of benzene rings is 1. The van der Waals surface area contributed by atoms with Crippen molar-refractivity contribution in [3.8, 4) is 0 Å². The molecular formula is C12H14ClNO3. The van der Waals surface area contributed by atoms with E-state index in [0.717, 1.165) is 0 Å². The molecule has 0 fully saturated rings. The lowest BCUT2D eigenvalue weighted by Gasteiger charge is -2.20. The van der Waals surface area contributed by atoms with Crippen LogP contribution in [-0.4, -0.2) is 18.0 Å². The normalized spacial score (nSPS) is 10.8. The fourth-order valence-electron chi connectivity index (χ4n) is 1.16. The minimum Gasteiger partial charge on any atom is -0.444 e. The minimum atomic E-state index is -0.608. The Kier molecular flexibility index (Phi) is 4.12. The summed E-state index contributed by atoms with van der Waals surface area (Å²) in [5, 5.41) is 2.93. The van der Waals surface area contributed by atoms with Crippen LogP contribution >= 0.6 is 11.6 Å². The van der Waals surface area contributed by atoms with Gasteiger partial charge in [-0.2, -0.15) is 0 Å². The summed E-state index contributed by atoms with van der Waals surface area (Å²) in [5.41, 5.74) is 0.0970. The van der Waals surface area contributed by atoms with E-state index in [2.05, 4.69) is 5.32 Å². The first-order valence-corrected chi connectivity index (χ1v) is 5.44. The summed E-state index contributed by atoms with van der Waals surface area (Å²) in [4.78, 5) is 22.3. The smallest absolute Gasteiger partial charge is 0.412 e. The first-order valence-electron chi connectivity index (χ1n) is 5.06. The molecule has 0 aromatic heterocycles. The second kappa shape index (κ2) is 5.19. The lowest BCUT2D eigenvalue weighted by atomic mass is 10.2. The van der Waals surface area contributed by atoms with Gasteiger partial charge in [0.2, 0.25) is 0 Å². The van der Waals surface area contributed by atoms with Crippen LogP contribution < -0.4 is 5.32 Å². The number of nitrogens with one attached hydrogen (secondary N) is 1. The van der Waals surface area contributed by atoms with Crippen LogP contribution in [0.1, 0.15) is 31.1 Å². The standard InChI is InChI=1S/C12H14ClNO3/c1-12(2,3)17-11(16)14-10-5-4-9(13)6-8(10)7-15/h4-7H,1-3H3,(H,14,16). The van der Waals surface area contributed by atoms with Crippen LogP contribution in [0.4, 0.5) is 10.5 Å². The van der Waals surface area contributed by atoms with Crippen LogP contribution in [0.2, 0.25) is 5.02 Å². The third-order valence-electron chi connectivity index (χ3n) is 1.78. The van der Waals surface area contributed by atoms with Crippen molar-refractivity contribution in [2.45, 2.75) is 26.4 Å². The zero-order valence-corrected chi connectivity index (χ0v) is 10.7. The van der Waals surface area contributed by atoms with Crippen LogP contribution in [0.15, 0.2) is 18.2 Å². The van der Waals surface area contributed by atoms with Gasteiger partial charge in [0.05, 0.1) is 5.69 Å². The molecule has 0 radical (unpaired) electrons. The van der Waals surface area contributed by atoms with Gasteiger partial charge in [-0.15, -0.1) is 0 Å². The van der Waals surface area contributed by atoms with Gasteiger partial charge in [-0.1, -0.05) is 11.6 Å². The van der Waals surface area contributed by atoms with Gasteiger partial charge in [-0.25, -0.2) is 4.79 Å². The molecule has 0 aliphatic rings. The molecule has 0 unspecified atom stereocenters. The second-order valence-corrected chi connectivity index (χ2v) is 4.91. The molecule has 92 valence electrons. The van der Waals surface area contributed by atoms with Gasteiger partial charge in [0.1, 0.15) is 5.60 Å². The topological polar surface area (TPSA) is 55.4 Å². The first-order chi connectivity index (χ1) is 7.81. The first kappa shape index (κ1) is 13.5. The second-order valence-electron chi connectivity index (χ2n) is 4.48. The van der Waals surface area contributed by atoms with Gasteiger partial charge in [-0.3, -0.25) is 10.1 Å². The van der Waals surface area contributed by atoms with Crippen molar-refractivity contribution in [2.75, 3.05) is 5.32 Å². The van der Waals surface area contributed by atoms with E-state index in [4.69, 9.17) is 16.3 Å². The zero-order chi connectivity index (χ0) is 13.1. The Balaban J connectivity index is 2.81. The van der Waals surface area contributed by atoms with E-state index in [-0.39, 0.29) is 0 Å². The Labute approximate surface area is 105 Å². The summed E-state index contributed by atoms with van der Waals surface area (Å²) in [6, 6.07) is 4.61. The molecule has 0 saturated carbocycles. The molecule has 0 spiro atoms. The van der Waals surface area contributed by atoms with Gasteiger partial charge >= 0.3 is 6.09 Å². The summed E-state index contributed by atoms with van der Waals surface area (Å²) in [6.45, 7) is 5.28. The van der Waals surface area contributed by atoms with Crippen molar-refractivity contribution in [1.29, 1.82) is 0 Å². The fourth-order valence-corrected chi connectivity index (χ4v) is 1.34. The summed E-state index contributed by atoms with van der Waals surface area (Å²) >= 11 is 5.74. The lowest BCUT2D eigenvalue weighted by Crippen LogP contribution is -2.27. The monoisotopic (exact) mass is 255 g/mol. The molecule has 1 rings (SSSR count). The Morgan fingerprint density at radius 3 is 2.59 bits per heavy atom. The highest BCUT2D eigenvalue weighted by molar-refractivity contribution is 6.31. The van der Waals surface area contributed by atoms with Crippen LogP contribution in [0, 0.1) is 0 Å². The molecule has 0 saturated heterocycles. The molecule has 5 heteroatoms. The molecule has 1 amide bonds. The van der Waals surface area contributed by atoms with E-state index >= 15 is 0 Å². The maximum absolute atomic E-state index is 11.5. The van der Waals surface area contributed by atoms with Crippen LogP contribution in [0.25, 0.3) is 0 Å². The fraction of sp³-hybridized carbons (Fsp3) is 0.333. The van der Waals surface area contributed by atoms with E-state index in [9.17, 15) is 9.59 Å². The number of ether oxygens (including phenoxy) is 1. The number of halogens is 1. The van der Waals surface area contributed by atoms with E-state index in [1.54, 1.807) is 32.9 Å². The van der Waals surface area contributed by atoms with Gasteiger partial charge in [0.25, 0.3) is 0 Å². The number of anilines is 1. The highest BCUT2D eigenvalue weighted by atomic mass is 35.5. The van der Waals surface area contributed by atoms with Crippen molar-refractivity contribution < 1.29 is 14.3 Å². The van der Waals surface area contributed by atoms with E-state index in [0.29, 0.717) is 22.6 Å². The molecule has 1 aromatic rings. The molecule has 0 bridgehead atoms. The van der Waals surface area contributed by atoms with E-state index < -0.39 is 11.7 Å². The molecule has 0 aliphatic carbocycles. The molecule has 1 N–H and O–H groups in total.